The van der Waals surface area contributed by atoms with E-state index in [1.165, 1.54) is 7.11 Å². The van der Waals surface area contributed by atoms with E-state index < -0.39 is 5.97 Å². The van der Waals surface area contributed by atoms with E-state index in [1.807, 2.05) is 66.7 Å². The fourth-order valence-electron chi connectivity index (χ4n) is 5.11. The Hall–Kier alpha value is -5.38. The second-order valence-corrected chi connectivity index (χ2v) is 10.9. The average Bonchev–Trinajstić information content (AvgIpc) is 3.09. The molecule has 0 atom stereocenters. The number of benzene rings is 3. The molecule has 0 saturated carbocycles. The zero-order valence-corrected chi connectivity index (χ0v) is 26.7. The largest absolute Gasteiger partial charge is 0.497 e. The molecule has 0 aliphatic heterocycles. The summed E-state index contributed by atoms with van der Waals surface area (Å²) in [6.45, 7) is 4.19. The van der Waals surface area contributed by atoms with Crippen LogP contribution in [0, 0.1) is 0 Å². The number of nitrogens with one attached hydrogen (secondary N) is 1. The normalized spacial score (nSPS) is 10.9. The zero-order chi connectivity index (χ0) is 32.5. The lowest BCUT2D eigenvalue weighted by molar-refractivity contribution is 0.0600. The molecule has 5 aromatic rings. The van der Waals surface area contributed by atoms with E-state index in [1.54, 1.807) is 37.1 Å². The second-order valence-electron chi connectivity index (χ2n) is 10.9. The molecular formula is C36H39N5O5. The Bertz CT molecular complexity index is 1770. The third-order valence-electron chi connectivity index (χ3n) is 7.71. The topological polar surface area (TPSA) is 108 Å². The fraction of sp³-hybridized carbons (Fsp3) is 0.278. The standard InChI is InChI=1S/C36H39N5O5/c1-5-6-20-37-33-32-31(19-21-40(34(32)42)22-25-7-13-28(14-8-25)35(43)46-4)38-36(39-33)41(23-26-9-15-29(44-2)16-10-26)24-27-11-17-30(45-3)18-12-27/h7-19,21H,5-6,20,22-24H2,1-4H3,(H,37,38,39). The summed E-state index contributed by atoms with van der Waals surface area (Å²) < 4.78 is 17.1. The van der Waals surface area contributed by atoms with E-state index in [2.05, 4.69) is 17.1 Å². The van der Waals surface area contributed by atoms with Crippen molar-refractivity contribution in [1.82, 2.24) is 14.5 Å². The van der Waals surface area contributed by atoms with E-state index in [9.17, 15) is 9.59 Å². The zero-order valence-electron chi connectivity index (χ0n) is 26.7. The molecule has 2 heterocycles. The molecule has 0 radical (unpaired) electrons. The van der Waals surface area contributed by atoms with E-state index in [0.29, 0.717) is 54.4 Å². The number of nitrogens with zero attached hydrogens (tertiary/aromatic N) is 4. The van der Waals surface area contributed by atoms with Crippen LogP contribution in [-0.4, -0.2) is 48.4 Å². The molecule has 3 aromatic carbocycles. The van der Waals surface area contributed by atoms with Crippen molar-refractivity contribution in [1.29, 1.82) is 0 Å². The van der Waals surface area contributed by atoms with Crippen LogP contribution in [0.25, 0.3) is 10.9 Å². The molecule has 1 N–H and O–H groups in total. The van der Waals surface area contributed by atoms with Gasteiger partial charge in [-0.25, -0.2) is 9.78 Å². The minimum absolute atomic E-state index is 0.197. The summed E-state index contributed by atoms with van der Waals surface area (Å²) in [5, 5.41) is 3.86. The highest BCUT2D eigenvalue weighted by molar-refractivity contribution is 5.90. The summed E-state index contributed by atoms with van der Waals surface area (Å²) in [5.74, 6) is 2.17. The van der Waals surface area contributed by atoms with E-state index in [4.69, 9.17) is 24.2 Å². The minimum Gasteiger partial charge on any atom is -0.497 e. The summed E-state index contributed by atoms with van der Waals surface area (Å²) >= 11 is 0. The number of pyridine rings is 1. The van der Waals surface area contributed by atoms with Gasteiger partial charge in [0.15, 0.2) is 0 Å². The lowest BCUT2D eigenvalue weighted by Gasteiger charge is -2.24. The lowest BCUT2D eigenvalue weighted by atomic mass is 10.1. The van der Waals surface area contributed by atoms with Crippen molar-refractivity contribution in [3.63, 3.8) is 0 Å². The number of esters is 1. The number of carbonyl (C=O) groups is 1. The second kappa shape index (κ2) is 15.1. The summed E-state index contributed by atoms with van der Waals surface area (Å²) in [6.07, 6.45) is 3.67. The Morgan fingerprint density at radius 2 is 1.39 bits per heavy atom. The number of ether oxygens (including phenoxy) is 3. The Balaban J connectivity index is 1.54. The van der Waals surface area contributed by atoms with Gasteiger partial charge in [0.1, 0.15) is 22.7 Å². The number of fused-ring (bicyclic) bond motifs is 1. The van der Waals surface area contributed by atoms with E-state index >= 15 is 0 Å². The Kier molecular flexibility index (Phi) is 10.5. The molecular weight excluding hydrogens is 582 g/mol. The quantitative estimate of drug-likeness (QED) is 0.117. The van der Waals surface area contributed by atoms with Crippen molar-refractivity contribution in [3.8, 4) is 11.5 Å². The molecule has 0 bridgehead atoms. The molecule has 0 spiro atoms. The van der Waals surface area contributed by atoms with Gasteiger partial charge in [0.05, 0.1) is 39.0 Å². The molecule has 0 amide bonds. The smallest absolute Gasteiger partial charge is 0.337 e. The van der Waals surface area contributed by atoms with Gasteiger partial charge in [-0.2, -0.15) is 4.98 Å². The SMILES string of the molecule is CCCCNc1nc(N(Cc2ccc(OC)cc2)Cc2ccc(OC)cc2)nc2ccn(Cc3ccc(C(=O)OC)cc3)c(=O)c12. The van der Waals surface area contributed by atoms with Crippen LogP contribution in [0.2, 0.25) is 0 Å². The third kappa shape index (κ3) is 7.63. The van der Waals surface area contributed by atoms with Crippen molar-refractivity contribution < 1.29 is 19.0 Å². The molecule has 0 unspecified atom stereocenters. The van der Waals surface area contributed by atoms with E-state index in [0.717, 1.165) is 41.0 Å². The first-order chi connectivity index (χ1) is 22.4. The van der Waals surface area contributed by atoms with Crippen LogP contribution in [0.15, 0.2) is 89.9 Å². The summed E-state index contributed by atoms with van der Waals surface area (Å²) in [4.78, 5) is 37.8. The van der Waals surface area contributed by atoms with Crippen molar-refractivity contribution in [2.24, 2.45) is 0 Å². The van der Waals surface area contributed by atoms with Gasteiger partial charge in [-0.1, -0.05) is 49.7 Å². The summed E-state index contributed by atoms with van der Waals surface area (Å²) in [6, 6.07) is 24.7. The predicted molar refractivity (Wildman–Crippen MR) is 180 cm³/mol. The molecule has 0 saturated heterocycles. The highest BCUT2D eigenvalue weighted by Gasteiger charge is 2.19. The van der Waals surface area contributed by atoms with E-state index in [-0.39, 0.29) is 5.56 Å². The van der Waals surface area contributed by atoms with Crippen LogP contribution >= 0.6 is 0 Å². The van der Waals surface area contributed by atoms with Gasteiger partial charge in [0, 0.05) is 25.8 Å². The number of rotatable bonds is 14. The number of hydrogen-bond acceptors (Lipinski definition) is 9. The van der Waals surface area contributed by atoms with Crippen LogP contribution < -0.4 is 25.2 Å². The van der Waals surface area contributed by atoms with Gasteiger partial charge in [-0.3, -0.25) is 4.79 Å². The molecule has 10 heteroatoms. The molecule has 238 valence electrons. The number of aromatic nitrogens is 3. The number of methoxy groups -OCH3 is 3. The maximum Gasteiger partial charge on any atom is 0.337 e. The predicted octanol–water partition coefficient (Wildman–Crippen LogP) is 6.06. The first kappa shape index (κ1) is 32.0. The van der Waals surface area contributed by atoms with Crippen LogP contribution in [0.3, 0.4) is 0 Å². The molecule has 2 aromatic heterocycles. The molecule has 0 aliphatic carbocycles. The lowest BCUT2D eigenvalue weighted by Crippen LogP contribution is -2.27. The Morgan fingerprint density at radius 1 is 0.804 bits per heavy atom. The van der Waals surface area contributed by atoms with Crippen LogP contribution in [0.4, 0.5) is 11.8 Å². The monoisotopic (exact) mass is 621 g/mol. The Labute approximate surface area is 268 Å². The van der Waals surface area contributed by atoms with Gasteiger partial charge in [0.2, 0.25) is 5.95 Å². The maximum absolute atomic E-state index is 13.9. The van der Waals surface area contributed by atoms with Crippen molar-refractivity contribution >= 4 is 28.6 Å². The average molecular weight is 622 g/mol. The van der Waals surface area contributed by atoms with Crippen LogP contribution in [-0.2, 0) is 24.4 Å². The summed E-state index contributed by atoms with van der Waals surface area (Å²) in [5.41, 5.74) is 3.81. The van der Waals surface area contributed by atoms with Crippen LogP contribution in [0.5, 0.6) is 11.5 Å². The van der Waals surface area contributed by atoms with Gasteiger partial charge >= 0.3 is 5.97 Å². The minimum atomic E-state index is -0.404. The molecule has 10 nitrogen and oxygen atoms in total. The van der Waals surface area contributed by atoms with Gasteiger partial charge in [0.25, 0.3) is 5.56 Å². The molecule has 5 rings (SSSR count). The van der Waals surface area contributed by atoms with Gasteiger partial charge in [-0.15, -0.1) is 0 Å². The van der Waals surface area contributed by atoms with Crippen LogP contribution in [0.1, 0.15) is 46.8 Å². The molecule has 0 aliphatic rings. The number of carbonyl (C=O) groups excluding carboxylic acids is 1. The van der Waals surface area contributed by atoms with Crippen molar-refractivity contribution in [3.05, 3.63) is 118 Å². The van der Waals surface area contributed by atoms with Gasteiger partial charge in [-0.05, 0) is 65.6 Å². The molecule has 46 heavy (non-hydrogen) atoms. The maximum atomic E-state index is 13.9. The summed E-state index contributed by atoms with van der Waals surface area (Å²) in [7, 11) is 4.65. The first-order valence-electron chi connectivity index (χ1n) is 15.3. The number of anilines is 2. The van der Waals surface area contributed by atoms with Gasteiger partial charge < -0.3 is 29.0 Å². The molecule has 0 fully saturated rings. The van der Waals surface area contributed by atoms with Crippen molar-refractivity contribution in [2.75, 3.05) is 38.1 Å². The highest BCUT2D eigenvalue weighted by Crippen LogP contribution is 2.25. The Morgan fingerprint density at radius 3 is 1.93 bits per heavy atom. The number of unbranched alkanes of at least 4 members (excludes halogenated alkanes) is 1. The van der Waals surface area contributed by atoms with Crippen molar-refractivity contribution in [2.45, 2.75) is 39.4 Å². The fourth-order valence-corrected chi connectivity index (χ4v) is 5.11. The third-order valence-corrected chi connectivity index (χ3v) is 7.71. The number of hydrogen-bond donors (Lipinski definition) is 1. The first-order valence-corrected chi connectivity index (χ1v) is 15.3. The highest BCUT2D eigenvalue weighted by atomic mass is 16.5.